The minimum absolute atomic E-state index is 0.0102. The van der Waals surface area contributed by atoms with E-state index < -0.39 is 20.2 Å². The summed E-state index contributed by atoms with van der Waals surface area (Å²) in [5.74, 6) is 0.734. The van der Waals surface area contributed by atoms with E-state index in [4.69, 9.17) is 9.47 Å². The molecule has 3 rings (SSSR count). The number of halogens is 3. The fraction of sp³-hybridized carbons (Fsp3) is 0.536. The maximum atomic E-state index is 12.8. The van der Waals surface area contributed by atoms with Crippen LogP contribution in [0.25, 0.3) is 0 Å². The number of carbonyl (C=O) groups excluding carboxylic acids is 1. The summed E-state index contributed by atoms with van der Waals surface area (Å²) in [7, 11) is -5.36. The summed E-state index contributed by atoms with van der Waals surface area (Å²) in [5, 5.41) is 3.28. The summed E-state index contributed by atoms with van der Waals surface area (Å²) in [6.07, 6.45) is 9.31. The van der Waals surface area contributed by atoms with Gasteiger partial charge in [-0.1, -0.05) is 13.5 Å². The van der Waals surface area contributed by atoms with Gasteiger partial charge in [-0.3, -0.25) is 0 Å². The number of amides is 1. The van der Waals surface area contributed by atoms with Gasteiger partial charge >= 0.3 is 11.6 Å². The molecule has 1 amide bonds. The first-order chi connectivity index (χ1) is 19.0. The summed E-state index contributed by atoms with van der Waals surface area (Å²) in [5.41, 5.74) is -3.84. The molecule has 1 N–H and O–H groups in total. The van der Waals surface area contributed by atoms with Crippen LogP contribution >= 0.6 is 0 Å². The zero-order valence-electron chi connectivity index (χ0n) is 23.0. The average Bonchev–Trinajstić information content (AvgIpc) is 2.94. The fourth-order valence-electron chi connectivity index (χ4n) is 4.66. The Morgan fingerprint density at radius 2 is 1.68 bits per heavy atom. The van der Waals surface area contributed by atoms with Crippen LogP contribution < -0.4 is 5.32 Å². The van der Waals surface area contributed by atoms with Crippen LogP contribution in [-0.4, -0.2) is 74.8 Å². The van der Waals surface area contributed by atoms with Crippen molar-refractivity contribution in [1.29, 1.82) is 0 Å². The van der Waals surface area contributed by atoms with Crippen LogP contribution in [0.4, 0.5) is 23.7 Å². The topological polar surface area (TPSA) is 88.2 Å². The van der Waals surface area contributed by atoms with Crippen molar-refractivity contribution >= 4 is 21.6 Å². The summed E-state index contributed by atoms with van der Waals surface area (Å²) in [6.45, 7) is 10.7. The molecule has 1 saturated carbocycles. The monoisotopic (exact) mass is 585 g/mol. The normalized spacial score (nSPS) is 21.1. The van der Waals surface area contributed by atoms with Crippen molar-refractivity contribution < 1.29 is 35.9 Å². The van der Waals surface area contributed by atoms with Gasteiger partial charge in [-0.05, 0) is 75.4 Å². The van der Waals surface area contributed by atoms with Gasteiger partial charge in [0, 0.05) is 49.7 Å². The van der Waals surface area contributed by atoms with E-state index in [1.54, 1.807) is 11.0 Å². The number of piperazine rings is 1. The second-order valence-corrected chi connectivity index (χ2v) is 11.7. The number of hydrogen-bond acceptors (Lipinski definition) is 7. The molecular weight excluding hydrogens is 547 g/mol. The lowest BCUT2D eigenvalue weighted by Crippen LogP contribution is -2.48. The molecule has 1 aliphatic heterocycles. The fourth-order valence-corrected chi connectivity index (χ4v) is 5.42. The Kier molecular flexibility index (Phi) is 11.0. The number of sulfone groups is 1. The first-order valence-electron chi connectivity index (χ1n) is 13.5. The molecule has 0 bridgehead atoms. The van der Waals surface area contributed by atoms with Crippen LogP contribution in [0.15, 0.2) is 65.4 Å². The van der Waals surface area contributed by atoms with Gasteiger partial charge in [0.2, 0.25) is 0 Å². The minimum atomic E-state index is -5.36. The summed E-state index contributed by atoms with van der Waals surface area (Å²) >= 11 is 0. The molecule has 0 unspecified atom stereocenters. The third-order valence-electron chi connectivity index (χ3n) is 6.93. The highest BCUT2D eigenvalue weighted by atomic mass is 32.2. The maximum Gasteiger partial charge on any atom is 0.501 e. The largest absolute Gasteiger partial charge is 0.501 e. The molecule has 0 atom stereocenters. The highest BCUT2D eigenvalue weighted by Gasteiger charge is 2.46. The average molecular weight is 586 g/mol. The number of nitrogens with one attached hydrogen (secondary N) is 1. The van der Waals surface area contributed by atoms with Crippen LogP contribution in [0.2, 0.25) is 0 Å². The number of anilines is 1. The van der Waals surface area contributed by atoms with Gasteiger partial charge in [-0.25, -0.2) is 13.2 Å². The highest BCUT2D eigenvalue weighted by molar-refractivity contribution is 7.92. The van der Waals surface area contributed by atoms with Gasteiger partial charge < -0.3 is 24.6 Å². The number of nitrogens with zero attached hydrogens (tertiary/aromatic N) is 2. The van der Waals surface area contributed by atoms with Crippen LogP contribution in [0.5, 0.6) is 0 Å². The van der Waals surface area contributed by atoms with Crippen molar-refractivity contribution in [3.05, 3.63) is 60.5 Å². The lowest BCUT2D eigenvalue weighted by molar-refractivity contribution is -0.0436. The molecule has 2 fully saturated rings. The van der Waals surface area contributed by atoms with Gasteiger partial charge in [-0.2, -0.15) is 13.2 Å². The van der Waals surface area contributed by atoms with Crippen molar-refractivity contribution in [1.82, 2.24) is 9.80 Å². The molecule has 8 nitrogen and oxygen atoms in total. The second-order valence-electron chi connectivity index (χ2n) is 9.76. The number of carbonyl (C=O) groups is 1. The van der Waals surface area contributed by atoms with Crippen molar-refractivity contribution in [2.45, 2.75) is 68.5 Å². The predicted molar refractivity (Wildman–Crippen MR) is 147 cm³/mol. The van der Waals surface area contributed by atoms with E-state index in [-0.39, 0.29) is 18.2 Å². The number of benzene rings is 1. The predicted octanol–water partition coefficient (Wildman–Crippen LogP) is 5.86. The van der Waals surface area contributed by atoms with Crippen molar-refractivity contribution in [3.63, 3.8) is 0 Å². The van der Waals surface area contributed by atoms with E-state index in [1.165, 1.54) is 12.1 Å². The molecule has 1 saturated heterocycles. The molecule has 1 aromatic carbocycles. The van der Waals surface area contributed by atoms with E-state index in [0.717, 1.165) is 55.7 Å². The first-order valence-corrected chi connectivity index (χ1v) is 15.0. The molecule has 222 valence electrons. The Hall–Kier alpha value is -3.15. The summed E-state index contributed by atoms with van der Waals surface area (Å²) in [4.78, 5) is 15.2. The zero-order chi connectivity index (χ0) is 29.3. The number of rotatable bonds is 10. The molecule has 1 aliphatic carbocycles. The Bertz CT molecular complexity index is 1170. The Balaban J connectivity index is 1.49. The number of alkyl halides is 3. The third-order valence-corrected chi connectivity index (χ3v) is 8.44. The van der Waals surface area contributed by atoms with Gasteiger partial charge in [0.05, 0.1) is 17.6 Å². The molecule has 0 spiro atoms. The SMILES string of the molecule is C=C/C(=C\C(=C/C)O[C@H]1CC[C@H](Nc2ccc(S(=O)(=O)C(F)(F)F)cc2)CC1)N1CCN(C(=O)OCCC)CC1. The molecule has 1 heterocycles. The first kappa shape index (κ1) is 31.4. The molecule has 1 aromatic rings. The highest BCUT2D eigenvalue weighted by Crippen LogP contribution is 2.31. The lowest BCUT2D eigenvalue weighted by atomic mass is 9.92. The molecular formula is C28H38F3N3O5S. The van der Waals surface area contributed by atoms with E-state index in [2.05, 4.69) is 16.8 Å². The van der Waals surface area contributed by atoms with E-state index >= 15 is 0 Å². The molecule has 0 radical (unpaired) electrons. The van der Waals surface area contributed by atoms with Crippen LogP contribution in [0.1, 0.15) is 46.0 Å². The minimum Gasteiger partial charge on any atom is -0.491 e. The number of ether oxygens (including phenoxy) is 2. The molecule has 2 aliphatic rings. The molecule has 40 heavy (non-hydrogen) atoms. The standard InChI is InChI=1S/C28H38F3N3O5S/c1-4-19-38-27(35)34-17-15-33(16-18-34)23(5-2)20-24(6-3)39-25-11-7-21(8-12-25)32-22-9-13-26(14-10-22)40(36,37)28(29,30)31/h5-6,9-10,13-14,20-21,25,32H,2,4,7-8,11-12,15-19H2,1,3H3/b23-20+,24-6+/t21-,25-. The smallest absolute Gasteiger partial charge is 0.491 e. The van der Waals surface area contributed by atoms with Crippen molar-refractivity contribution in [2.75, 3.05) is 38.1 Å². The van der Waals surface area contributed by atoms with Gasteiger partial charge in [-0.15, -0.1) is 0 Å². The van der Waals surface area contributed by atoms with Gasteiger partial charge in [0.25, 0.3) is 9.84 Å². The quantitative estimate of drug-likeness (QED) is 0.272. The maximum absolute atomic E-state index is 12.8. The number of hydrogen-bond donors (Lipinski definition) is 1. The van der Waals surface area contributed by atoms with Crippen LogP contribution in [-0.2, 0) is 19.3 Å². The van der Waals surface area contributed by atoms with Gasteiger partial charge in [0.1, 0.15) is 5.76 Å². The Morgan fingerprint density at radius 1 is 1.07 bits per heavy atom. The number of allylic oxidation sites excluding steroid dienone is 3. The summed E-state index contributed by atoms with van der Waals surface area (Å²) in [6, 6.07) is 4.75. The van der Waals surface area contributed by atoms with Crippen LogP contribution in [0, 0.1) is 0 Å². The molecule has 0 aromatic heterocycles. The molecule has 12 heteroatoms. The second kappa shape index (κ2) is 14.0. The van der Waals surface area contributed by atoms with Crippen molar-refractivity contribution in [2.24, 2.45) is 0 Å². The van der Waals surface area contributed by atoms with Gasteiger partial charge in [0.15, 0.2) is 0 Å². The third kappa shape index (κ3) is 8.18. The van der Waals surface area contributed by atoms with Crippen molar-refractivity contribution in [3.8, 4) is 0 Å². The van der Waals surface area contributed by atoms with E-state index in [1.807, 2.05) is 26.0 Å². The van der Waals surface area contributed by atoms with E-state index in [9.17, 15) is 26.4 Å². The zero-order valence-corrected chi connectivity index (χ0v) is 23.8. The Morgan fingerprint density at radius 3 is 2.20 bits per heavy atom. The van der Waals surface area contributed by atoms with Crippen LogP contribution in [0.3, 0.4) is 0 Å². The lowest BCUT2D eigenvalue weighted by Gasteiger charge is -2.36. The van der Waals surface area contributed by atoms with E-state index in [0.29, 0.717) is 38.5 Å². The Labute approximate surface area is 234 Å². The summed E-state index contributed by atoms with van der Waals surface area (Å²) < 4.78 is 72.9.